The molecule has 3 aromatic heterocycles. The van der Waals surface area contributed by atoms with Crippen LogP contribution in [-0.4, -0.2) is 30.1 Å². The highest BCUT2D eigenvalue weighted by atomic mass is 32.2. The van der Waals surface area contributed by atoms with Crippen LogP contribution < -0.4 is 4.72 Å². The maximum absolute atomic E-state index is 12.4. The number of nitrogens with one attached hydrogen (secondary N) is 1. The molecule has 0 aliphatic rings. The van der Waals surface area contributed by atoms with E-state index in [4.69, 9.17) is 4.52 Å². The zero-order valence-corrected chi connectivity index (χ0v) is 14.3. The lowest BCUT2D eigenvalue weighted by molar-refractivity contribution is 0.439. The normalized spacial score (nSPS) is 11.9. The van der Waals surface area contributed by atoms with E-state index in [1.165, 1.54) is 6.20 Å². The molecular weight excluding hydrogens is 328 g/mol. The lowest BCUT2D eigenvalue weighted by atomic mass is 10.2. The summed E-state index contributed by atoms with van der Waals surface area (Å²) in [6.45, 7) is 4.12. The van der Waals surface area contributed by atoms with Crippen LogP contribution in [0.5, 0.6) is 0 Å². The number of rotatable bonds is 6. The molecule has 0 unspecified atom stereocenters. The maximum Gasteiger partial charge on any atom is 0.258 e. The molecule has 0 amide bonds. The van der Waals surface area contributed by atoms with Crippen molar-refractivity contribution in [2.24, 2.45) is 0 Å². The minimum Gasteiger partial charge on any atom is -0.336 e. The molecule has 0 radical (unpaired) electrons. The quantitative estimate of drug-likeness (QED) is 0.733. The number of aryl methyl sites for hydroxylation is 2. The van der Waals surface area contributed by atoms with Crippen molar-refractivity contribution in [2.45, 2.75) is 31.6 Å². The van der Waals surface area contributed by atoms with Crippen LogP contribution in [0.3, 0.4) is 0 Å². The Morgan fingerprint density at radius 2 is 2.04 bits per heavy atom. The molecule has 126 valence electrons. The van der Waals surface area contributed by atoms with Gasteiger partial charge in [-0.05, 0) is 37.5 Å². The summed E-state index contributed by atoms with van der Waals surface area (Å²) in [5.41, 5.74) is 2.94. The number of aromatic nitrogens is 3. The number of hydrogen-bond acceptors (Lipinski definition) is 6. The molecule has 0 fully saturated rings. The third kappa shape index (κ3) is 3.44. The average molecular weight is 346 g/mol. The van der Waals surface area contributed by atoms with Crippen LogP contribution in [-0.2, 0) is 22.9 Å². The van der Waals surface area contributed by atoms with Crippen LogP contribution in [0.1, 0.15) is 23.9 Å². The van der Waals surface area contributed by atoms with Gasteiger partial charge in [0, 0.05) is 18.4 Å². The van der Waals surface area contributed by atoms with Crippen LogP contribution in [0.25, 0.3) is 11.1 Å². The SMILES string of the molecule is CCc1noc2ncc(S(=O)(=O)NCCc3ccc(C)nc3)cc12. The van der Waals surface area contributed by atoms with Crippen molar-refractivity contribution in [3.05, 3.63) is 47.5 Å². The molecule has 0 atom stereocenters. The second kappa shape index (κ2) is 6.66. The lowest BCUT2D eigenvalue weighted by Gasteiger charge is -2.06. The largest absolute Gasteiger partial charge is 0.336 e. The molecule has 0 saturated heterocycles. The van der Waals surface area contributed by atoms with E-state index in [1.807, 2.05) is 26.0 Å². The van der Waals surface area contributed by atoms with Gasteiger partial charge in [-0.25, -0.2) is 18.1 Å². The van der Waals surface area contributed by atoms with Crippen LogP contribution in [0.15, 0.2) is 40.0 Å². The van der Waals surface area contributed by atoms with E-state index < -0.39 is 10.0 Å². The third-order valence-electron chi connectivity index (χ3n) is 3.70. The van der Waals surface area contributed by atoms with Gasteiger partial charge in [0.25, 0.3) is 5.71 Å². The first-order valence-electron chi connectivity index (χ1n) is 7.65. The summed E-state index contributed by atoms with van der Waals surface area (Å²) >= 11 is 0. The number of fused-ring (bicyclic) bond motifs is 1. The van der Waals surface area contributed by atoms with Gasteiger partial charge in [0.2, 0.25) is 10.0 Å². The molecule has 24 heavy (non-hydrogen) atoms. The van der Waals surface area contributed by atoms with Crippen molar-refractivity contribution in [3.63, 3.8) is 0 Å². The minimum atomic E-state index is -3.64. The van der Waals surface area contributed by atoms with Gasteiger partial charge >= 0.3 is 0 Å². The fourth-order valence-corrected chi connectivity index (χ4v) is 3.32. The second-order valence-corrected chi connectivity index (χ2v) is 7.23. The van der Waals surface area contributed by atoms with Crippen molar-refractivity contribution < 1.29 is 12.9 Å². The second-order valence-electron chi connectivity index (χ2n) is 5.46. The predicted molar refractivity (Wildman–Crippen MR) is 89.0 cm³/mol. The summed E-state index contributed by atoms with van der Waals surface area (Å²) in [5, 5.41) is 4.51. The highest BCUT2D eigenvalue weighted by Gasteiger charge is 2.17. The molecule has 0 spiro atoms. The Kier molecular flexibility index (Phi) is 4.59. The molecule has 3 rings (SSSR count). The molecule has 8 heteroatoms. The van der Waals surface area contributed by atoms with E-state index >= 15 is 0 Å². The van der Waals surface area contributed by atoms with Crippen LogP contribution in [0, 0.1) is 6.92 Å². The zero-order chi connectivity index (χ0) is 17.2. The number of sulfonamides is 1. The van der Waals surface area contributed by atoms with Gasteiger partial charge in [-0.1, -0.05) is 18.1 Å². The van der Waals surface area contributed by atoms with Gasteiger partial charge < -0.3 is 4.52 Å². The summed E-state index contributed by atoms with van der Waals surface area (Å²) in [6, 6.07) is 5.39. The molecule has 3 heterocycles. The van der Waals surface area contributed by atoms with E-state index in [9.17, 15) is 8.42 Å². The Balaban J connectivity index is 1.74. The van der Waals surface area contributed by atoms with Gasteiger partial charge in [-0.3, -0.25) is 4.98 Å². The van der Waals surface area contributed by atoms with Crippen molar-refractivity contribution >= 4 is 21.1 Å². The molecule has 3 aromatic rings. The Morgan fingerprint density at radius 3 is 2.75 bits per heavy atom. The smallest absolute Gasteiger partial charge is 0.258 e. The fourth-order valence-electron chi connectivity index (χ4n) is 2.32. The molecule has 0 aliphatic heterocycles. The number of nitrogens with zero attached hydrogens (tertiary/aromatic N) is 3. The molecule has 0 aromatic carbocycles. The predicted octanol–water partition coefficient (Wildman–Crippen LogP) is 2.01. The number of hydrogen-bond donors (Lipinski definition) is 1. The van der Waals surface area contributed by atoms with Crippen molar-refractivity contribution in [3.8, 4) is 0 Å². The fraction of sp³-hybridized carbons (Fsp3) is 0.312. The molecule has 7 nitrogen and oxygen atoms in total. The van der Waals surface area contributed by atoms with E-state index in [1.54, 1.807) is 12.3 Å². The van der Waals surface area contributed by atoms with E-state index in [0.29, 0.717) is 29.6 Å². The Morgan fingerprint density at radius 1 is 1.21 bits per heavy atom. The monoisotopic (exact) mass is 346 g/mol. The van der Waals surface area contributed by atoms with E-state index in [2.05, 4.69) is 19.8 Å². The lowest BCUT2D eigenvalue weighted by Crippen LogP contribution is -2.26. The van der Waals surface area contributed by atoms with Gasteiger partial charge in [0.1, 0.15) is 4.90 Å². The van der Waals surface area contributed by atoms with Gasteiger partial charge in [-0.15, -0.1) is 0 Å². The van der Waals surface area contributed by atoms with E-state index in [-0.39, 0.29) is 11.4 Å². The standard InChI is InChI=1S/C16H18N4O3S/c1-3-15-14-8-13(10-18-16(14)23-20-15)24(21,22)19-7-6-12-5-4-11(2)17-9-12/h4-5,8-10,19H,3,6-7H2,1-2H3. The summed E-state index contributed by atoms with van der Waals surface area (Å²) in [7, 11) is -3.64. The van der Waals surface area contributed by atoms with Crippen molar-refractivity contribution in [1.29, 1.82) is 0 Å². The summed E-state index contributed by atoms with van der Waals surface area (Å²) in [5.74, 6) is 0. The number of pyridine rings is 2. The zero-order valence-electron chi connectivity index (χ0n) is 13.5. The van der Waals surface area contributed by atoms with Gasteiger partial charge in [0.05, 0.1) is 17.3 Å². The highest BCUT2D eigenvalue weighted by Crippen LogP contribution is 2.20. The van der Waals surface area contributed by atoms with Crippen LogP contribution in [0.4, 0.5) is 0 Å². The first kappa shape index (κ1) is 16.5. The molecule has 1 N–H and O–H groups in total. The summed E-state index contributed by atoms with van der Waals surface area (Å²) in [4.78, 5) is 8.34. The average Bonchev–Trinajstić information content (AvgIpc) is 2.99. The van der Waals surface area contributed by atoms with Crippen LogP contribution in [0.2, 0.25) is 0 Å². The molecule has 0 aliphatic carbocycles. The minimum absolute atomic E-state index is 0.106. The van der Waals surface area contributed by atoms with Crippen molar-refractivity contribution in [2.75, 3.05) is 6.54 Å². The molecule has 0 saturated carbocycles. The van der Waals surface area contributed by atoms with Gasteiger partial charge in [0.15, 0.2) is 0 Å². The summed E-state index contributed by atoms with van der Waals surface area (Å²) in [6.07, 6.45) is 4.24. The molecular formula is C16H18N4O3S. The Labute approximate surface area is 140 Å². The Bertz CT molecular complexity index is 949. The van der Waals surface area contributed by atoms with E-state index in [0.717, 1.165) is 11.3 Å². The maximum atomic E-state index is 12.4. The first-order valence-corrected chi connectivity index (χ1v) is 9.13. The van der Waals surface area contributed by atoms with Crippen molar-refractivity contribution in [1.82, 2.24) is 19.8 Å². The Hall–Kier alpha value is -2.32. The molecule has 0 bridgehead atoms. The third-order valence-corrected chi connectivity index (χ3v) is 5.13. The first-order chi connectivity index (χ1) is 11.5. The highest BCUT2D eigenvalue weighted by molar-refractivity contribution is 7.89. The summed E-state index contributed by atoms with van der Waals surface area (Å²) < 4.78 is 32.5. The van der Waals surface area contributed by atoms with Crippen LogP contribution >= 0.6 is 0 Å². The topological polar surface area (TPSA) is 98.0 Å². The van der Waals surface area contributed by atoms with Gasteiger partial charge in [-0.2, -0.15) is 0 Å².